The van der Waals surface area contributed by atoms with Crippen LogP contribution in [0.4, 0.5) is 5.95 Å². The number of hydrogen-bond acceptors (Lipinski definition) is 2. The van der Waals surface area contributed by atoms with E-state index in [2.05, 4.69) is 38.5 Å². The molecule has 1 aliphatic rings. The lowest BCUT2D eigenvalue weighted by Gasteiger charge is -2.30. The van der Waals surface area contributed by atoms with Crippen molar-refractivity contribution in [2.75, 3.05) is 5.73 Å². The zero-order chi connectivity index (χ0) is 14.1. The molecule has 0 spiro atoms. The Morgan fingerprint density at radius 1 is 1.30 bits per heavy atom. The minimum Gasteiger partial charge on any atom is -0.369 e. The second-order valence-corrected chi connectivity index (χ2v) is 6.85. The van der Waals surface area contributed by atoms with Gasteiger partial charge in [0, 0.05) is 10.5 Å². The molecule has 3 nitrogen and oxygen atoms in total. The lowest BCUT2D eigenvalue weighted by Crippen LogP contribution is -2.19. The summed E-state index contributed by atoms with van der Waals surface area (Å²) in [7, 11) is 0. The first-order valence-electron chi connectivity index (χ1n) is 7.62. The molecule has 4 heteroatoms. The third-order valence-corrected chi connectivity index (χ3v) is 5.05. The Morgan fingerprint density at radius 3 is 2.75 bits per heavy atom. The van der Waals surface area contributed by atoms with Crippen molar-refractivity contribution >= 4 is 32.9 Å². The summed E-state index contributed by atoms with van der Waals surface area (Å²) < 4.78 is 3.34. The fourth-order valence-corrected chi connectivity index (χ4v) is 3.92. The normalized spacial score (nSPS) is 23.3. The molecule has 1 fully saturated rings. The fourth-order valence-electron chi connectivity index (χ4n) is 3.57. The number of anilines is 1. The smallest absolute Gasteiger partial charge is 0.201 e. The first-order valence-corrected chi connectivity index (χ1v) is 8.41. The molecule has 20 heavy (non-hydrogen) atoms. The number of imidazole rings is 1. The maximum Gasteiger partial charge on any atom is 0.201 e. The summed E-state index contributed by atoms with van der Waals surface area (Å²) in [6.07, 6.45) is 7.79. The Hall–Kier alpha value is -1.03. The van der Waals surface area contributed by atoms with Crippen LogP contribution in [0.1, 0.15) is 51.5 Å². The lowest BCUT2D eigenvalue weighted by atomic mass is 9.83. The van der Waals surface area contributed by atoms with Gasteiger partial charge in [0.05, 0.1) is 11.0 Å². The summed E-state index contributed by atoms with van der Waals surface area (Å²) >= 11 is 3.55. The highest BCUT2D eigenvalue weighted by atomic mass is 79.9. The highest BCUT2D eigenvalue weighted by molar-refractivity contribution is 9.10. The van der Waals surface area contributed by atoms with E-state index < -0.39 is 0 Å². The molecule has 2 aromatic rings. The first-order chi connectivity index (χ1) is 9.69. The zero-order valence-electron chi connectivity index (χ0n) is 12.0. The summed E-state index contributed by atoms with van der Waals surface area (Å²) in [5.74, 6) is 1.58. The molecule has 0 unspecified atom stereocenters. The number of hydrogen-bond donors (Lipinski definition) is 1. The van der Waals surface area contributed by atoms with Gasteiger partial charge in [-0.05, 0) is 49.8 Å². The summed E-state index contributed by atoms with van der Waals surface area (Å²) in [4.78, 5) is 4.50. The second kappa shape index (κ2) is 5.76. The summed E-state index contributed by atoms with van der Waals surface area (Å²) in [6.45, 7) is 2.28. The lowest BCUT2D eigenvalue weighted by molar-refractivity contribution is 0.267. The van der Waals surface area contributed by atoms with Crippen molar-refractivity contribution in [2.24, 2.45) is 5.92 Å². The standard InChI is InChI=1S/C16H22BrN3/c1-2-3-11-4-7-13(8-5-11)20-15-10-12(17)6-9-14(15)19-16(20)18/h6,9-11,13H,2-5,7-8H2,1H3,(H2,18,19). The average Bonchev–Trinajstić information content (AvgIpc) is 2.76. The number of nitrogens with zero attached hydrogens (tertiary/aromatic N) is 2. The van der Waals surface area contributed by atoms with Crippen molar-refractivity contribution in [2.45, 2.75) is 51.5 Å². The predicted octanol–water partition coefficient (Wildman–Crippen LogP) is 4.91. The molecule has 1 aromatic carbocycles. The molecule has 108 valence electrons. The van der Waals surface area contributed by atoms with Crippen LogP contribution in [0.25, 0.3) is 11.0 Å². The van der Waals surface area contributed by atoms with Crippen molar-refractivity contribution in [3.05, 3.63) is 22.7 Å². The molecule has 2 N–H and O–H groups in total. The summed E-state index contributed by atoms with van der Waals surface area (Å²) in [5.41, 5.74) is 8.33. The van der Waals surface area contributed by atoms with Gasteiger partial charge in [-0.2, -0.15) is 0 Å². The number of aromatic nitrogens is 2. The quantitative estimate of drug-likeness (QED) is 0.865. The molecule has 3 rings (SSSR count). The number of halogens is 1. The number of nitrogens with two attached hydrogens (primary N) is 1. The van der Waals surface area contributed by atoms with E-state index in [4.69, 9.17) is 5.73 Å². The molecular formula is C16H22BrN3. The molecular weight excluding hydrogens is 314 g/mol. The third kappa shape index (κ3) is 2.58. The van der Waals surface area contributed by atoms with Gasteiger partial charge in [-0.25, -0.2) is 4.98 Å². The van der Waals surface area contributed by atoms with Gasteiger partial charge in [0.15, 0.2) is 0 Å². The van der Waals surface area contributed by atoms with Crippen molar-refractivity contribution in [3.8, 4) is 0 Å². The average molecular weight is 336 g/mol. The Bertz CT molecular complexity index is 597. The topological polar surface area (TPSA) is 43.8 Å². The van der Waals surface area contributed by atoms with Crippen molar-refractivity contribution < 1.29 is 0 Å². The number of nitrogen functional groups attached to an aromatic ring is 1. The third-order valence-electron chi connectivity index (χ3n) is 4.56. The largest absolute Gasteiger partial charge is 0.369 e. The van der Waals surface area contributed by atoms with E-state index in [1.165, 1.54) is 38.5 Å². The molecule has 0 saturated heterocycles. The van der Waals surface area contributed by atoms with Gasteiger partial charge in [-0.3, -0.25) is 0 Å². The van der Waals surface area contributed by atoms with Gasteiger partial charge in [-0.1, -0.05) is 35.7 Å². The first kappa shape index (κ1) is 13.9. The molecule has 1 heterocycles. The van der Waals surface area contributed by atoms with E-state index in [0.717, 1.165) is 21.4 Å². The van der Waals surface area contributed by atoms with E-state index in [1.807, 2.05) is 12.1 Å². The fraction of sp³-hybridized carbons (Fsp3) is 0.562. The van der Waals surface area contributed by atoms with E-state index >= 15 is 0 Å². The molecule has 0 atom stereocenters. The SMILES string of the molecule is CCCC1CCC(n2c(N)nc3ccc(Br)cc32)CC1. The Morgan fingerprint density at radius 2 is 2.05 bits per heavy atom. The van der Waals surface area contributed by atoms with Crippen LogP contribution in [0.15, 0.2) is 22.7 Å². The van der Waals surface area contributed by atoms with Gasteiger partial charge in [0.2, 0.25) is 5.95 Å². The van der Waals surface area contributed by atoms with Crippen molar-refractivity contribution in [1.29, 1.82) is 0 Å². The minimum absolute atomic E-state index is 0.516. The monoisotopic (exact) mass is 335 g/mol. The van der Waals surface area contributed by atoms with Gasteiger partial charge < -0.3 is 10.3 Å². The molecule has 0 aliphatic heterocycles. The van der Waals surface area contributed by atoms with Gasteiger partial charge in [0.1, 0.15) is 0 Å². The second-order valence-electron chi connectivity index (χ2n) is 5.94. The van der Waals surface area contributed by atoms with Crippen LogP contribution in [0.2, 0.25) is 0 Å². The van der Waals surface area contributed by atoms with E-state index in [9.17, 15) is 0 Å². The van der Waals surface area contributed by atoms with E-state index in [1.54, 1.807) is 0 Å². The Labute approximate surface area is 128 Å². The van der Waals surface area contributed by atoms with E-state index in [0.29, 0.717) is 12.0 Å². The van der Waals surface area contributed by atoms with Crippen LogP contribution in [0, 0.1) is 5.92 Å². The van der Waals surface area contributed by atoms with Crippen molar-refractivity contribution in [3.63, 3.8) is 0 Å². The molecule has 1 aromatic heterocycles. The maximum atomic E-state index is 6.16. The number of fused-ring (bicyclic) bond motifs is 1. The van der Waals surface area contributed by atoms with Crippen LogP contribution in [0.5, 0.6) is 0 Å². The molecule has 0 bridgehead atoms. The summed E-state index contributed by atoms with van der Waals surface area (Å²) in [5, 5.41) is 0. The highest BCUT2D eigenvalue weighted by Crippen LogP contribution is 2.37. The molecule has 1 saturated carbocycles. The predicted molar refractivity (Wildman–Crippen MR) is 87.7 cm³/mol. The van der Waals surface area contributed by atoms with Crippen LogP contribution < -0.4 is 5.73 Å². The van der Waals surface area contributed by atoms with Gasteiger partial charge in [0.25, 0.3) is 0 Å². The zero-order valence-corrected chi connectivity index (χ0v) is 13.6. The molecule has 0 amide bonds. The van der Waals surface area contributed by atoms with Gasteiger partial charge >= 0.3 is 0 Å². The van der Waals surface area contributed by atoms with Crippen molar-refractivity contribution in [1.82, 2.24) is 9.55 Å². The Kier molecular flexibility index (Phi) is 4.01. The van der Waals surface area contributed by atoms with Crippen LogP contribution >= 0.6 is 15.9 Å². The summed E-state index contributed by atoms with van der Waals surface area (Å²) in [6, 6.07) is 6.71. The molecule has 1 aliphatic carbocycles. The molecule has 0 radical (unpaired) electrons. The number of rotatable bonds is 3. The maximum absolute atomic E-state index is 6.16. The minimum atomic E-state index is 0.516. The highest BCUT2D eigenvalue weighted by Gasteiger charge is 2.24. The van der Waals surface area contributed by atoms with Crippen LogP contribution in [-0.2, 0) is 0 Å². The Balaban J connectivity index is 1.87. The van der Waals surface area contributed by atoms with E-state index in [-0.39, 0.29) is 0 Å². The number of benzene rings is 1. The van der Waals surface area contributed by atoms with Crippen LogP contribution in [0.3, 0.4) is 0 Å². The van der Waals surface area contributed by atoms with Crippen LogP contribution in [-0.4, -0.2) is 9.55 Å². The van der Waals surface area contributed by atoms with Gasteiger partial charge in [-0.15, -0.1) is 0 Å².